The fraction of sp³-hybridized carbons (Fsp3) is 0.296. The number of furan rings is 1. The van der Waals surface area contributed by atoms with Gasteiger partial charge < -0.3 is 24.5 Å². The van der Waals surface area contributed by atoms with Crippen LogP contribution in [0.4, 0.5) is 0 Å². The molecule has 0 saturated carbocycles. The van der Waals surface area contributed by atoms with Crippen molar-refractivity contribution in [2.75, 3.05) is 5.75 Å². The molecule has 5 atom stereocenters. The molecule has 1 aliphatic heterocycles. The maximum Gasteiger partial charge on any atom is 0.181 e. The quantitative estimate of drug-likeness (QED) is 0.302. The maximum absolute atomic E-state index is 13.0. The van der Waals surface area contributed by atoms with Gasteiger partial charge in [0.1, 0.15) is 36.3 Å². The number of aliphatic hydroxyl groups is 3. The average Bonchev–Trinajstić information content (AvgIpc) is 3.58. The first-order chi connectivity index (χ1) is 18.1. The minimum Gasteiger partial charge on any atom is -0.463 e. The Morgan fingerprint density at radius 2 is 1.79 bits per heavy atom. The molecule has 0 bridgehead atoms. The number of sulfone groups is 1. The summed E-state index contributed by atoms with van der Waals surface area (Å²) < 4.78 is 37.4. The second-order valence-electron chi connectivity index (χ2n) is 9.28. The number of aliphatic hydroxyl groups excluding tert-OH is 3. The second kappa shape index (κ2) is 10.9. The number of benzene rings is 2. The van der Waals surface area contributed by atoms with E-state index >= 15 is 0 Å². The number of aromatic nitrogens is 1. The maximum atomic E-state index is 13.0. The Bertz CT molecular complexity index is 1500. The van der Waals surface area contributed by atoms with Gasteiger partial charge in [0.2, 0.25) is 0 Å². The fourth-order valence-electron chi connectivity index (χ4n) is 4.42. The first kappa shape index (κ1) is 27.0. The zero-order valence-corrected chi connectivity index (χ0v) is 22.7. The first-order valence-corrected chi connectivity index (χ1v) is 14.7. The molecular formula is C27H26ClNO7S2. The SMILES string of the molecule is Cc1ccc(S(=O)(=O)C[C@H]2O[C@@H](c3ccc(Cl)c(Cc4ncc(-c5ccco5)s4)c3)[C@H](O)[C@@H](O)[C@@H]2O)cc1. The molecule has 11 heteroatoms. The molecule has 4 aromatic rings. The second-order valence-corrected chi connectivity index (χ2v) is 12.8. The van der Waals surface area contributed by atoms with Crippen LogP contribution < -0.4 is 0 Å². The van der Waals surface area contributed by atoms with Crippen molar-refractivity contribution in [3.8, 4) is 10.6 Å². The summed E-state index contributed by atoms with van der Waals surface area (Å²) in [6.45, 7) is 1.85. The minimum absolute atomic E-state index is 0.0854. The van der Waals surface area contributed by atoms with E-state index in [9.17, 15) is 23.7 Å². The molecule has 0 radical (unpaired) electrons. The van der Waals surface area contributed by atoms with Crippen molar-refractivity contribution in [2.24, 2.45) is 0 Å². The summed E-state index contributed by atoms with van der Waals surface area (Å²) in [5, 5.41) is 33.2. The molecule has 1 fully saturated rings. The Kier molecular flexibility index (Phi) is 7.74. The Balaban J connectivity index is 1.38. The molecule has 1 saturated heterocycles. The topological polar surface area (TPSA) is 130 Å². The highest BCUT2D eigenvalue weighted by Gasteiger charge is 2.45. The van der Waals surface area contributed by atoms with Crippen LogP contribution in [0.15, 0.2) is 76.4 Å². The third kappa shape index (κ3) is 5.57. The molecule has 3 heterocycles. The molecule has 8 nitrogen and oxygen atoms in total. The summed E-state index contributed by atoms with van der Waals surface area (Å²) in [7, 11) is -3.84. The van der Waals surface area contributed by atoms with E-state index in [1.807, 2.05) is 13.0 Å². The molecule has 3 N–H and O–H groups in total. The lowest BCUT2D eigenvalue weighted by Gasteiger charge is -2.41. The van der Waals surface area contributed by atoms with Gasteiger partial charge >= 0.3 is 0 Å². The number of ether oxygens (including phenoxy) is 1. The van der Waals surface area contributed by atoms with Crippen molar-refractivity contribution in [3.05, 3.63) is 93.8 Å². The molecule has 5 rings (SSSR count). The van der Waals surface area contributed by atoms with Gasteiger partial charge in [-0.05, 0) is 48.4 Å². The summed E-state index contributed by atoms with van der Waals surface area (Å²) in [5.41, 5.74) is 2.11. The zero-order chi connectivity index (χ0) is 27.0. The Morgan fingerprint density at radius 3 is 2.50 bits per heavy atom. The molecule has 200 valence electrons. The fourth-order valence-corrected chi connectivity index (χ4v) is 6.96. The van der Waals surface area contributed by atoms with Gasteiger partial charge in [0, 0.05) is 17.6 Å². The van der Waals surface area contributed by atoms with Crippen molar-refractivity contribution in [1.82, 2.24) is 4.98 Å². The Morgan fingerprint density at radius 1 is 1.03 bits per heavy atom. The molecule has 2 aromatic carbocycles. The minimum atomic E-state index is -3.84. The number of aryl methyl sites for hydroxylation is 1. The number of rotatable bonds is 7. The van der Waals surface area contributed by atoms with Crippen molar-refractivity contribution in [1.29, 1.82) is 0 Å². The summed E-state index contributed by atoms with van der Waals surface area (Å²) in [5.74, 6) is 0.151. The summed E-state index contributed by atoms with van der Waals surface area (Å²) in [4.78, 5) is 5.41. The van der Waals surface area contributed by atoms with Crippen LogP contribution in [-0.2, 0) is 21.0 Å². The van der Waals surface area contributed by atoms with Gasteiger partial charge in [0.15, 0.2) is 9.84 Å². The molecule has 0 spiro atoms. The van der Waals surface area contributed by atoms with Crippen LogP contribution >= 0.6 is 22.9 Å². The van der Waals surface area contributed by atoms with Gasteiger partial charge in [-0.2, -0.15) is 0 Å². The van der Waals surface area contributed by atoms with Crippen LogP contribution in [0.2, 0.25) is 5.02 Å². The van der Waals surface area contributed by atoms with Crippen LogP contribution in [0.1, 0.15) is 27.8 Å². The van der Waals surface area contributed by atoms with E-state index in [0.717, 1.165) is 15.4 Å². The highest BCUT2D eigenvalue weighted by Crippen LogP contribution is 2.36. The highest BCUT2D eigenvalue weighted by atomic mass is 35.5. The summed E-state index contributed by atoms with van der Waals surface area (Å²) in [6.07, 6.45) is -3.32. The van der Waals surface area contributed by atoms with E-state index in [1.165, 1.54) is 23.5 Å². The van der Waals surface area contributed by atoms with Crippen LogP contribution in [0, 0.1) is 6.92 Å². The molecule has 1 aliphatic rings. The molecule has 38 heavy (non-hydrogen) atoms. The van der Waals surface area contributed by atoms with Gasteiger partial charge in [0.05, 0.1) is 26.8 Å². The smallest absolute Gasteiger partial charge is 0.181 e. The van der Waals surface area contributed by atoms with Crippen molar-refractivity contribution < 1.29 is 32.9 Å². The van der Waals surface area contributed by atoms with Gasteiger partial charge in [-0.1, -0.05) is 41.4 Å². The van der Waals surface area contributed by atoms with E-state index in [4.69, 9.17) is 20.8 Å². The van der Waals surface area contributed by atoms with E-state index in [-0.39, 0.29) is 4.90 Å². The van der Waals surface area contributed by atoms with Crippen molar-refractivity contribution >= 4 is 32.8 Å². The van der Waals surface area contributed by atoms with E-state index < -0.39 is 46.1 Å². The van der Waals surface area contributed by atoms with Crippen LogP contribution in [0.3, 0.4) is 0 Å². The number of nitrogens with zero attached hydrogens (tertiary/aromatic N) is 1. The monoisotopic (exact) mass is 575 g/mol. The Labute approximate surface area is 229 Å². The lowest BCUT2D eigenvalue weighted by molar-refractivity contribution is -0.218. The number of hydrogen-bond acceptors (Lipinski definition) is 9. The van der Waals surface area contributed by atoms with Crippen molar-refractivity contribution in [2.45, 2.75) is 48.8 Å². The zero-order valence-electron chi connectivity index (χ0n) is 20.3. The molecule has 0 unspecified atom stereocenters. The Hall–Kier alpha value is -2.57. The third-order valence-electron chi connectivity index (χ3n) is 6.53. The molecular weight excluding hydrogens is 550 g/mol. The summed E-state index contributed by atoms with van der Waals surface area (Å²) >= 11 is 7.92. The number of halogens is 1. The normalized spacial score (nSPS) is 24.0. The van der Waals surface area contributed by atoms with Crippen LogP contribution in [-0.4, -0.2) is 58.9 Å². The van der Waals surface area contributed by atoms with Gasteiger partial charge in [0.25, 0.3) is 0 Å². The predicted molar refractivity (Wildman–Crippen MR) is 143 cm³/mol. The molecule has 2 aromatic heterocycles. The lowest BCUT2D eigenvalue weighted by atomic mass is 9.90. The van der Waals surface area contributed by atoms with Crippen molar-refractivity contribution in [3.63, 3.8) is 0 Å². The standard InChI is InChI=1S/C27H26ClNO7S2/c1-15-4-7-18(8-5-15)38(33,34)14-21-24(30)25(31)26(32)27(36-21)16-6-9-19(28)17(11-16)12-23-29-13-22(37-23)20-3-2-10-35-20/h2-11,13,21,24-27,30-32H,12,14H2,1H3/t21-,24-,25+,26-,27+/m1/s1. The largest absolute Gasteiger partial charge is 0.463 e. The lowest BCUT2D eigenvalue weighted by Crippen LogP contribution is -2.56. The molecule has 0 amide bonds. The van der Waals surface area contributed by atoms with Gasteiger partial charge in [-0.25, -0.2) is 13.4 Å². The first-order valence-electron chi connectivity index (χ1n) is 11.9. The number of hydrogen-bond donors (Lipinski definition) is 3. The molecule has 0 aliphatic carbocycles. The van der Waals surface area contributed by atoms with E-state index in [2.05, 4.69) is 4.98 Å². The summed E-state index contributed by atoms with van der Waals surface area (Å²) in [6, 6.07) is 15.0. The van der Waals surface area contributed by atoms with Gasteiger partial charge in [-0.3, -0.25) is 0 Å². The average molecular weight is 576 g/mol. The predicted octanol–water partition coefficient (Wildman–Crippen LogP) is 3.95. The number of thiazole rings is 1. The van der Waals surface area contributed by atoms with Crippen LogP contribution in [0.25, 0.3) is 10.6 Å². The third-order valence-corrected chi connectivity index (χ3v) is 9.67. The van der Waals surface area contributed by atoms with E-state index in [0.29, 0.717) is 28.3 Å². The van der Waals surface area contributed by atoms with E-state index in [1.54, 1.807) is 48.9 Å². The highest BCUT2D eigenvalue weighted by molar-refractivity contribution is 7.91. The van der Waals surface area contributed by atoms with Crippen LogP contribution in [0.5, 0.6) is 0 Å². The van der Waals surface area contributed by atoms with Gasteiger partial charge in [-0.15, -0.1) is 11.3 Å².